The quantitative estimate of drug-likeness (QED) is 0.868. The summed E-state index contributed by atoms with van der Waals surface area (Å²) in [5, 5.41) is 0. The average molecular weight is 296 g/mol. The van der Waals surface area contributed by atoms with Crippen molar-refractivity contribution in [3.05, 3.63) is 22.8 Å². The highest BCUT2D eigenvalue weighted by Gasteiger charge is 2.37. The lowest BCUT2D eigenvalue weighted by atomic mass is 10.1. The lowest BCUT2D eigenvalue weighted by Crippen LogP contribution is -2.30. The van der Waals surface area contributed by atoms with E-state index in [1.165, 1.54) is 4.31 Å². The first-order chi connectivity index (χ1) is 9.16. The predicted octanol–water partition coefficient (Wildman–Crippen LogP) is 2.47. The number of nitrogen functional groups attached to an aromatic ring is 1. The Kier molecular flexibility index (Phi) is 3.86. The molecule has 1 aliphatic carbocycles. The molecule has 1 fully saturated rings. The first kappa shape index (κ1) is 15.3. The number of anilines is 1. The molecule has 1 aromatic rings. The Morgan fingerprint density at radius 1 is 1.30 bits per heavy atom. The zero-order chi connectivity index (χ0) is 15.2. The normalized spacial score (nSPS) is 22.3. The molecule has 0 radical (unpaired) electrons. The molecule has 2 N–H and O–H groups in total. The Morgan fingerprint density at radius 3 is 2.35 bits per heavy atom. The number of hydrogen-bond acceptors (Lipinski definition) is 3. The van der Waals surface area contributed by atoms with Gasteiger partial charge in [0.1, 0.15) is 0 Å². The van der Waals surface area contributed by atoms with Crippen LogP contribution in [0.15, 0.2) is 11.0 Å². The van der Waals surface area contributed by atoms with Gasteiger partial charge in [0.2, 0.25) is 10.0 Å². The molecule has 112 valence electrons. The van der Waals surface area contributed by atoms with Gasteiger partial charge < -0.3 is 5.73 Å². The van der Waals surface area contributed by atoms with Crippen LogP contribution in [0.5, 0.6) is 0 Å². The Bertz CT molecular complexity index is 612. The summed E-state index contributed by atoms with van der Waals surface area (Å²) in [5.74, 6) is 1.13. The largest absolute Gasteiger partial charge is 0.398 e. The van der Waals surface area contributed by atoms with Gasteiger partial charge in [0.25, 0.3) is 0 Å². The SMILES string of the molecule is Cc1cc(N)c(C)c(S(=O)(=O)N(C)CC2CC2C)c1C. The number of nitrogens with zero attached hydrogens (tertiary/aromatic N) is 1. The molecular formula is C15H24N2O2S. The van der Waals surface area contributed by atoms with Crippen LogP contribution in [-0.2, 0) is 10.0 Å². The van der Waals surface area contributed by atoms with E-state index >= 15 is 0 Å². The summed E-state index contributed by atoms with van der Waals surface area (Å²) in [6.45, 7) is 8.28. The van der Waals surface area contributed by atoms with E-state index in [0.717, 1.165) is 17.5 Å². The molecule has 0 heterocycles. The van der Waals surface area contributed by atoms with Crippen molar-refractivity contribution in [3.63, 3.8) is 0 Å². The van der Waals surface area contributed by atoms with Crippen molar-refractivity contribution in [2.45, 2.75) is 39.0 Å². The molecule has 1 aromatic carbocycles. The van der Waals surface area contributed by atoms with Gasteiger partial charge in [-0.25, -0.2) is 12.7 Å². The minimum Gasteiger partial charge on any atom is -0.398 e. The molecular weight excluding hydrogens is 272 g/mol. The van der Waals surface area contributed by atoms with Crippen molar-refractivity contribution in [3.8, 4) is 0 Å². The van der Waals surface area contributed by atoms with Crippen molar-refractivity contribution < 1.29 is 8.42 Å². The van der Waals surface area contributed by atoms with Crippen molar-refractivity contribution in [2.75, 3.05) is 19.3 Å². The minimum absolute atomic E-state index is 0.380. The Hall–Kier alpha value is -1.07. The zero-order valence-electron chi connectivity index (χ0n) is 12.9. The second kappa shape index (κ2) is 5.04. The van der Waals surface area contributed by atoms with Crippen LogP contribution in [0.3, 0.4) is 0 Å². The van der Waals surface area contributed by atoms with Crippen molar-refractivity contribution in [1.82, 2.24) is 4.31 Å². The van der Waals surface area contributed by atoms with Gasteiger partial charge in [-0.1, -0.05) is 6.92 Å². The van der Waals surface area contributed by atoms with E-state index in [0.29, 0.717) is 34.5 Å². The number of nitrogens with two attached hydrogens (primary N) is 1. The van der Waals surface area contributed by atoms with E-state index in [4.69, 9.17) is 5.73 Å². The second-order valence-corrected chi connectivity index (χ2v) is 8.10. The van der Waals surface area contributed by atoms with E-state index in [2.05, 4.69) is 6.92 Å². The molecule has 2 rings (SSSR count). The van der Waals surface area contributed by atoms with E-state index in [9.17, 15) is 8.42 Å². The van der Waals surface area contributed by atoms with Gasteiger partial charge in [0, 0.05) is 19.3 Å². The third-order valence-corrected chi connectivity index (χ3v) is 6.61. The van der Waals surface area contributed by atoms with Crippen LogP contribution in [-0.4, -0.2) is 26.3 Å². The minimum atomic E-state index is -3.47. The second-order valence-electron chi connectivity index (χ2n) is 6.12. The average Bonchev–Trinajstić information content (AvgIpc) is 3.02. The van der Waals surface area contributed by atoms with Crippen molar-refractivity contribution in [1.29, 1.82) is 0 Å². The van der Waals surface area contributed by atoms with Crippen LogP contribution in [0.1, 0.15) is 30.0 Å². The summed E-state index contributed by atoms with van der Waals surface area (Å²) in [5.41, 5.74) is 8.85. The molecule has 1 aliphatic rings. The standard InChI is InChI=1S/C15H24N2O2S/c1-9-7-14(16)12(4)15(11(9)3)20(18,19)17(5)8-13-6-10(13)2/h7,10,13H,6,8,16H2,1-5H3. The van der Waals surface area contributed by atoms with Crippen LogP contribution in [0, 0.1) is 32.6 Å². The van der Waals surface area contributed by atoms with E-state index < -0.39 is 10.0 Å². The number of rotatable bonds is 4. The Labute approximate surface area is 122 Å². The van der Waals surface area contributed by atoms with Crippen molar-refractivity contribution >= 4 is 15.7 Å². The molecule has 0 aliphatic heterocycles. The number of aryl methyl sites for hydroxylation is 1. The molecule has 0 saturated heterocycles. The first-order valence-corrected chi connectivity index (χ1v) is 8.42. The van der Waals surface area contributed by atoms with Crippen LogP contribution in [0.25, 0.3) is 0 Å². The lowest BCUT2D eigenvalue weighted by Gasteiger charge is -2.22. The summed E-state index contributed by atoms with van der Waals surface area (Å²) in [7, 11) is -1.81. The van der Waals surface area contributed by atoms with Crippen LogP contribution >= 0.6 is 0 Å². The molecule has 20 heavy (non-hydrogen) atoms. The van der Waals surface area contributed by atoms with E-state index in [1.807, 2.05) is 19.9 Å². The highest BCUT2D eigenvalue weighted by Crippen LogP contribution is 2.39. The van der Waals surface area contributed by atoms with Gasteiger partial charge in [-0.15, -0.1) is 0 Å². The maximum atomic E-state index is 12.8. The fourth-order valence-electron chi connectivity index (χ4n) is 2.67. The molecule has 0 aromatic heterocycles. The molecule has 0 bridgehead atoms. The van der Waals surface area contributed by atoms with Crippen LogP contribution < -0.4 is 5.73 Å². The summed E-state index contributed by atoms with van der Waals surface area (Å²) in [6, 6.07) is 1.84. The number of benzene rings is 1. The smallest absolute Gasteiger partial charge is 0.243 e. The van der Waals surface area contributed by atoms with Gasteiger partial charge in [0.05, 0.1) is 4.90 Å². The van der Waals surface area contributed by atoms with Gasteiger partial charge >= 0.3 is 0 Å². The summed E-state index contributed by atoms with van der Waals surface area (Å²) in [6.07, 6.45) is 1.12. The highest BCUT2D eigenvalue weighted by molar-refractivity contribution is 7.89. The zero-order valence-corrected chi connectivity index (χ0v) is 13.7. The number of hydrogen-bond donors (Lipinski definition) is 1. The fourth-order valence-corrected chi connectivity index (χ4v) is 4.42. The predicted molar refractivity (Wildman–Crippen MR) is 82.2 cm³/mol. The van der Waals surface area contributed by atoms with Gasteiger partial charge in [-0.05, 0) is 61.8 Å². The third kappa shape index (κ3) is 2.56. The Morgan fingerprint density at radius 2 is 1.85 bits per heavy atom. The molecule has 5 heteroatoms. The van der Waals surface area contributed by atoms with Crippen molar-refractivity contribution in [2.24, 2.45) is 11.8 Å². The summed E-state index contributed by atoms with van der Waals surface area (Å²) < 4.78 is 27.1. The molecule has 0 amide bonds. The molecule has 2 unspecified atom stereocenters. The lowest BCUT2D eigenvalue weighted by molar-refractivity contribution is 0.444. The van der Waals surface area contributed by atoms with Gasteiger partial charge in [-0.3, -0.25) is 0 Å². The molecule has 4 nitrogen and oxygen atoms in total. The maximum Gasteiger partial charge on any atom is 0.243 e. The maximum absolute atomic E-state index is 12.8. The highest BCUT2D eigenvalue weighted by atomic mass is 32.2. The van der Waals surface area contributed by atoms with Gasteiger partial charge in [-0.2, -0.15) is 0 Å². The van der Waals surface area contributed by atoms with E-state index in [-0.39, 0.29) is 0 Å². The molecule has 2 atom stereocenters. The monoisotopic (exact) mass is 296 g/mol. The topological polar surface area (TPSA) is 63.4 Å². The van der Waals surface area contributed by atoms with Crippen LogP contribution in [0.4, 0.5) is 5.69 Å². The Balaban J connectivity index is 2.43. The number of sulfonamides is 1. The first-order valence-electron chi connectivity index (χ1n) is 6.98. The summed E-state index contributed by atoms with van der Waals surface area (Å²) >= 11 is 0. The van der Waals surface area contributed by atoms with Gasteiger partial charge in [0.15, 0.2) is 0 Å². The molecule has 1 saturated carbocycles. The van der Waals surface area contributed by atoms with E-state index in [1.54, 1.807) is 14.0 Å². The third-order valence-electron chi connectivity index (χ3n) is 4.51. The molecule has 0 spiro atoms. The van der Waals surface area contributed by atoms with Crippen LogP contribution in [0.2, 0.25) is 0 Å². The summed E-state index contributed by atoms with van der Waals surface area (Å²) in [4.78, 5) is 0.380. The fraction of sp³-hybridized carbons (Fsp3) is 0.600.